The molecule has 1 aromatic carbocycles. The molecule has 0 saturated carbocycles. The molecule has 17 heavy (non-hydrogen) atoms. The first-order chi connectivity index (χ1) is 8.16. The SMILES string of the molecule is CN1CCOC(C(N)Cc2ccccc2Br)C1. The minimum absolute atomic E-state index is 0.0523. The lowest BCUT2D eigenvalue weighted by Gasteiger charge is -2.33. The van der Waals surface area contributed by atoms with Crippen LogP contribution in [0.3, 0.4) is 0 Å². The van der Waals surface area contributed by atoms with E-state index in [0.717, 1.165) is 30.6 Å². The zero-order chi connectivity index (χ0) is 12.3. The standard InChI is InChI=1S/C13H19BrN2O/c1-16-6-7-17-13(9-16)12(15)8-10-4-2-3-5-11(10)14/h2-5,12-13H,6-9,15H2,1H3. The molecule has 4 heteroatoms. The highest BCUT2D eigenvalue weighted by molar-refractivity contribution is 9.10. The summed E-state index contributed by atoms with van der Waals surface area (Å²) in [4.78, 5) is 2.27. The van der Waals surface area contributed by atoms with E-state index in [0.29, 0.717) is 0 Å². The molecule has 94 valence electrons. The molecule has 0 radical (unpaired) electrons. The van der Waals surface area contributed by atoms with Crippen molar-refractivity contribution in [3.8, 4) is 0 Å². The molecule has 2 rings (SSSR count). The van der Waals surface area contributed by atoms with Gasteiger partial charge in [0.2, 0.25) is 0 Å². The topological polar surface area (TPSA) is 38.5 Å². The summed E-state index contributed by atoms with van der Waals surface area (Å²) < 4.78 is 6.86. The molecular weight excluding hydrogens is 280 g/mol. The predicted molar refractivity (Wildman–Crippen MR) is 73.1 cm³/mol. The third-order valence-corrected chi connectivity index (χ3v) is 3.96. The molecule has 1 saturated heterocycles. The van der Waals surface area contributed by atoms with Crippen molar-refractivity contribution in [1.82, 2.24) is 4.90 Å². The van der Waals surface area contributed by atoms with Crippen molar-refractivity contribution >= 4 is 15.9 Å². The monoisotopic (exact) mass is 298 g/mol. The van der Waals surface area contributed by atoms with Gasteiger partial charge in [0, 0.05) is 23.6 Å². The number of benzene rings is 1. The fourth-order valence-electron chi connectivity index (χ4n) is 2.12. The second-order valence-electron chi connectivity index (χ2n) is 4.63. The summed E-state index contributed by atoms with van der Waals surface area (Å²) in [6.45, 7) is 2.70. The maximum atomic E-state index is 6.24. The molecule has 2 atom stereocenters. The lowest BCUT2D eigenvalue weighted by molar-refractivity contribution is -0.0319. The van der Waals surface area contributed by atoms with E-state index in [4.69, 9.17) is 10.5 Å². The third kappa shape index (κ3) is 3.52. The summed E-state index contributed by atoms with van der Waals surface area (Å²) in [5, 5.41) is 0. The maximum Gasteiger partial charge on any atom is 0.0856 e. The van der Waals surface area contributed by atoms with E-state index in [1.165, 1.54) is 5.56 Å². The number of nitrogens with zero attached hydrogens (tertiary/aromatic N) is 1. The fraction of sp³-hybridized carbons (Fsp3) is 0.538. The Kier molecular flexibility index (Phi) is 4.56. The van der Waals surface area contributed by atoms with Crippen molar-refractivity contribution in [1.29, 1.82) is 0 Å². The van der Waals surface area contributed by atoms with Crippen LogP contribution in [-0.4, -0.2) is 43.8 Å². The molecule has 3 nitrogen and oxygen atoms in total. The van der Waals surface area contributed by atoms with Gasteiger partial charge < -0.3 is 15.4 Å². The quantitative estimate of drug-likeness (QED) is 0.922. The van der Waals surface area contributed by atoms with Gasteiger partial charge in [0.1, 0.15) is 0 Å². The Hall–Kier alpha value is -0.420. The zero-order valence-corrected chi connectivity index (χ0v) is 11.7. The molecule has 0 amide bonds. The van der Waals surface area contributed by atoms with Crippen molar-refractivity contribution in [2.45, 2.75) is 18.6 Å². The van der Waals surface area contributed by atoms with Crippen LogP contribution in [0.4, 0.5) is 0 Å². The summed E-state index contributed by atoms with van der Waals surface area (Å²) in [6, 6.07) is 8.27. The lowest BCUT2D eigenvalue weighted by atomic mass is 10.0. The maximum absolute atomic E-state index is 6.24. The lowest BCUT2D eigenvalue weighted by Crippen LogP contribution is -2.50. The Morgan fingerprint density at radius 3 is 3.00 bits per heavy atom. The van der Waals surface area contributed by atoms with Crippen LogP contribution in [0.15, 0.2) is 28.7 Å². The molecule has 0 aromatic heterocycles. The average Bonchev–Trinajstić information content (AvgIpc) is 2.32. The van der Waals surface area contributed by atoms with Crippen LogP contribution in [0, 0.1) is 0 Å². The van der Waals surface area contributed by atoms with E-state index >= 15 is 0 Å². The van der Waals surface area contributed by atoms with E-state index in [-0.39, 0.29) is 12.1 Å². The van der Waals surface area contributed by atoms with Gasteiger partial charge in [-0.05, 0) is 25.1 Å². The summed E-state index contributed by atoms with van der Waals surface area (Å²) in [7, 11) is 2.11. The van der Waals surface area contributed by atoms with Crippen molar-refractivity contribution in [2.24, 2.45) is 5.73 Å². The van der Waals surface area contributed by atoms with Crippen LogP contribution in [0.5, 0.6) is 0 Å². The number of morpholine rings is 1. The molecule has 0 spiro atoms. The van der Waals surface area contributed by atoms with Crippen molar-refractivity contribution < 1.29 is 4.74 Å². The summed E-state index contributed by atoms with van der Waals surface area (Å²) >= 11 is 3.55. The molecule has 2 unspecified atom stereocenters. The number of likely N-dealkylation sites (N-methyl/N-ethyl adjacent to an activating group) is 1. The van der Waals surface area contributed by atoms with Gasteiger partial charge in [0.05, 0.1) is 12.7 Å². The van der Waals surface area contributed by atoms with E-state index in [9.17, 15) is 0 Å². The Labute approximate surface area is 111 Å². The molecule has 0 bridgehead atoms. The first kappa shape index (κ1) is 13.0. The van der Waals surface area contributed by atoms with Crippen LogP contribution in [0.2, 0.25) is 0 Å². The van der Waals surface area contributed by atoms with Gasteiger partial charge in [-0.25, -0.2) is 0 Å². The average molecular weight is 299 g/mol. The first-order valence-electron chi connectivity index (χ1n) is 5.96. The van der Waals surface area contributed by atoms with Crippen molar-refractivity contribution in [2.75, 3.05) is 26.7 Å². The summed E-state index contributed by atoms with van der Waals surface area (Å²) in [6.07, 6.45) is 0.987. The number of hydrogen-bond donors (Lipinski definition) is 1. The molecule has 0 aliphatic carbocycles. The third-order valence-electron chi connectivity index (χ3n) is 3.19. The predicted octanol–water partition coefficient (Wildman–Crippen LogP) is 1.65. The van der Waals surface area contributed by atoms with Gasteiger partial charge in [0.25, 0.3) is 0 Å². The summed E-state index contributed by atoms with van der Waals surface area (Å²) in [5.74, 6) is 0. The van der Waals surface area contributed by atoms with Crippen LogP contribution in [0.1, 0.15) is 5.56 Å². The molecule has 1 heterocycles. The highest BCUT2D eigenvalue weighted by Gasteiger charge is 2.24. The van der Waals surface area contributed by atoms with Gasteiger partial charge in [-0.15, -0.1) is 0 Å². The van der Waals surface area contributed by atoms with Gasteiger partial charge in [-0.1, -0.05) is 34.1 Å². The fourth-order valence-corrected chi connectivity index (χ4v) is 2.57. The van der Waals surface area contributed by atoms with Crippen LogP contribution in [-0.2, 0) is 11.2 Å². The normalized spacial score (nSPS) is 23.6. The number of halogens is 1. The van der Waals surface area contributed by atoms with Crippen molar-refractivity contribution in [3.05, 3.63) is 34.3 Å². The molecule has 1 aliphatic heterocycles. The Balaban J connectivity index is 1.96. The molecule has 2 N–H and O–H groups in total. The smallest absolute Gasteiger partial charge is 0.0856 e. The van der Waals surface area contributed by atoms with Crippen LogP contribution < -0.4 is 5.73 Å². The zero-order valence-electron chi connectivity index (χ0n) is 10.1. The van der Waals surface area contributed by atoms with Gasteiger partial charge in [-0.3, -0.25) is 0 Å². The second-order valence-corrected chi connectivity index (χ2v) is 5.49. The molecule has 1 aromatic rings. The first-order valence-corrected chi connectivity index (χ1v) is 6.75. The van der Waals surface area contributed by atoms with Gasteiger partial charge in [0.15, 0.2) is 0 Å². The summed E-state index contributed by atoms with van der Waals surface area (Å²) in [5.41, 5.74) is 7.49. The van der Waals surface area contributed by atoms with Gasteiger partial charge >= 0.3 is 0 Å². The molecule has 1 aliphatic rings. The Morgan fingerprint density at radius 1 is 1.53 bits per heavy atom. The highest BCUT2D eigenvalue weighted by Crippen LogP contribution is 2.19. The molecular formula is C13H19BrN2O. The highest BCUT2D eigenvalue weighted by atomic mass is 79.9. The van der Waals surface area contributed by atoms with Crippen molar-refractivity contribution in [3.63, 3.8) is 0 Å². The van der Waals surface area contributed by atoms with E-state index in [1.54, 1.807) is 0 Å². The second kappa shape index (κ2) is 5.96. The Bertz CT molecular complexity index is 372. The van der Waals surface area contributed by atoms with Crippen LogP contribution in [0.25, 0.3) is 0 Å². The van der Waals surface area contributed by atoms with Crippen LogP contribution >= 0.6 is 15.9 Å². The van der Waals surface area contributed by atoms with E-state index < -0.39 is 0 Å². The van der Waals surface area contributed by atoms with Gasteiger partial charge in [-0.2, -0.15) is 0 Å². The number of hydrogen-bond acceptors (Lipinski definition) is 3. The largest absolute Gasteiger partial charge is 0.374 e. The Morgan fingerprint density at radius 2 is 2.29 bits per heavy atom. The number of ether oxygens (including phenoxy) is 1. The van der Waals surface area contributed by atoms with E-state index in [1.807, 2.05) is 12.1 Å². The number of nitrogens with two attached hydrogens (primary N) is 1. The van der Waals surface area contributed by atoms with E-state index in [2.05, 4.69) is 40.0 Å². The molecule has 1 fully saturated rings. The minimum atomic E-state index is 0.0523. The minimum Gasteiger partial charge on any atom is -0.374 e. The number of rotatable bonds is 3.